The van der Waals surface area contributed by atoms with Crippen LogP contribution in [0.1, 0.15) is 85.0 Å². The predicted octanol–water partition coefficient (Wildman–Crippen LogP) is 1.75. The molecule has 2 aliphatic heterocycles. The summed E-state index contributed by atoms with van der Waals surface area (Å²) < 4.78 is 22.9. The average Bonchev–Trinajstić information content (AvgIpc) is 2.82. The predicted molar refractivity (Wildman–Crippen MR) is 129 cm³/mol. The van der Waals surface area contributed by atoms with E-state index in [2.05, 4.69) is 17.6 Å². The van der Waals surface area contributed by atoms with E-state index >= 15 is 0 Å². The fourth-order valence-electron chi connectivity index (χ4n) is 4.36. The zero-order valence-electron chi connectivity index (χ0n) is 21.6. The number of fused-ring (bicyclic) bond motifs is 1. The Morgan fingerprint density at radius 3 is 2.43 bits per heavy atom. The molecule has 0 radical (unpaired) electrons. The molecule has 0 aromatic heterocycles. The lowest BCUT2D eigenvalue weighted by atomic mass is 9.95. The van der Waals surface area contributed by atoms with Crippen LogP contribution in [0.15, 0.2) is 0 Å². The Hall–Kier alpha value is -1.30. The Morgan fingerprint density at radius 2 is 1.71 bits per heavy atom. The van der Waals surface area contributed by atoms with Crippen molar-refractivity contribution in [2.24, 2.45) is 0 Å². The highest BCUT2D eigenvalue weighted by molar-refractivity contribution is 5.76. The minimum atomic E-state index is -1.05. The van der Waals surface area contributed by atoms with Gasteiger partial charge in [-0.2, -0.15) is 0 Å². The van der Waals surface area contributed by atoms with Crippen molar-refractivity contribution in [2.45, 2.75) is 121 Å². The first-order chi connectivity index (χ1) is 16.8. The molecule has 204 valence electrons. The monoisotopic (exact) mass is 502 g/mol. The Morgan fingerprint density at radius 1 is 1.03 bits per heavy atom. The van der Waals surface area contributed by atoms with Crippen LogP contribution in [-0.2, 0) is 28.5 Å². The van der Waals surface area contributed by atoms with Crippen molar-refractivity contribution < 1.29 is 38.7 Å². The van der Waals surface area contributed by atoms with Gasteiger partial charge in [0.2, 0.25) is 11.8 Å². The maximum atomic E-state index is 12.6. The van der Waals surface area contributed by atoms with Gasteiger partial charge in [-0.25, -0.2) is 0 Å². The third kappa shape index (κ3) is 10.7. The van der Waals surface area contributed by atoms with Crippen molar-refractivity contribution >= 4 is 11.8 Å². The molecule has 0 unspecified atom stereocenters. The zero-order valence-corrected chi connectivity index (χ0v) is 21.6. The minimum absolute atomic E-state index is 0.0127. The van der Waals surface area contributed by atoms with Crippen LogP contribution in [-0.4, -0.2) is 84.8 Å². The topological polar surface area (TPSA) is 136 Å². The molecule has 0 bridgehead atoms. The van der Waals surface area contributed by atoms with Crippen molar-refractivity contribution in [1.29, 1.82) is 0 Å². The summed E-state index contributed by atoms with van der Waals surface area (Å²) in [4.78, 5) is 24.4. The summed E-state index contributed by atoms with van der Waals surface area (Å²) in [6.45, 7) is 6.33. The van der Waals surface area contributed by atoms with Crippen molar-refractivity contribution in [3.05, 3.63) is 0 Å². The van der Waals surface area contributed by atoms with Gasteiger partial charge in [0.15, 0.2) is 12.1 Å². The second kappa shape index (κ2) is 15.7. The lowest BCUT2D eigenvalue weighted by molar-refractivity contribution is -0.369. The third-order valence-electron chi connectivity index (χ3n) is 6.30. The van der Waals surface area contributed by atoms with E-state index < -0.39 is 36.4 Å². The van der Waals surface area contributed by atoms with Gasteiger partial charge >= 0.3 is 0 Å². The first kappa shape index (κ1) is 29.9. The molecular weight excluding hydrogens is 456 g/mol. The molecule has 10 nitrogen and oxygen atoms in total. The highest BCUT2D eigenvalue weighted by Gasteiger charge is 2.51. The van der Waals surface area contributed by atoms with Crippen LogP contribution in [0.2, 0.25) is 0 Å². The average molecular weight is 503 g/mol. The van der Waals surface area contributed by atoms with Crippen molar-refractivity contribution in [3.63, 3.8) is 0 Å². The summed E-state index contributed by atoms with van der Waals surface area (Å²) in [6.07, 6.45) is 5.57. The summed E-state index contributed by atoms with van der Waals surface area (Å²) in [5.41, 5.74) is 0. The van der Waals surface area contributed by atoms with E-state index in [0.717, 1.165) is 25.7 Å². The Balaban J connectivity index is 1.69. The largest absolute Gasteiger partial charge is 0.394 e. The van der Waals surface area contributed by atoms with E-state index in [0.29, 0.717) is 19.4 Å². The van der Waals surface area contributed by atoms with Crippen LogP contribution in [0.25, 0.3) is 0 Å². The standard InChI is InChI=1S/C25H46N2O8/c1-4-5-6-7-9-12-19(29)26-14-11-8-10-13-20(30)27-21-22(31)23-18(17-33-25(2,3)35-23)34-24(21)32-16-15-28/h18,21-24,28,31H,4-17H2,1-3H3,(H,26,29)(H,27,30)/t18-,21-,22-,23-,24+/m1/s1. The van der Waals surface area contributed by atoms with Gasteiger partial charge < -0.3 is 39.8 Å². The second-order valence-electron chi connectivity index (χ2n) is 9.84. The molecule has 2 amide bonds. The highest BCUT2D eigenvalue weighted by Crippen LogP contribution is 2.32. The van der Waals surface area contributed by atoms with Crippen molar-refractivity contribution in [2.75, 3.05) is 26.4 Å². The minimum Gasteiger partial charge on any atom is -0.394 e. The molecule has 0 aliphatic carbocycles. The number of aliphatic hydroxyl groups excluding tert-OH is 2. The van der Waals surface area contributed by atoms with Gasteiger partial charge in [0.05, 0.1) is 19.8 Å². The molecule has 2 fully saturated rings. The number of hydrogen-bond donors (Lipinski definition) is 4. The molecule has 10 heteroatoms. The van der Waals surface area contributed by atoms with Gasteiger partial charge in [0.1, 0.15) is 24.4 Å². The Bertz CT molecular complexity index is 633. The van der Waals surface area contributed by atoms with E-state index in [1.54, 1.807) is 13.8 Å². The summed E-state index contributed by atoms with van der Waals surface area (Å²) in [7, 11) is 0. The fraction of sp³-hybridized carbons (Fsp3) is 0.920. The van der Waals surface area contributed by atoms with E-state index in [1.165, 1.54) is 19.3 Å². The normalized spacial score (nSPS) is 27.7. The molecule has 2 aliphatic rings. The summed E-state index contributed by atoms with van der Waals surface area (Å²) in [5, 5.41) is 25.8. The lowest BCUT2D eigenvalue weighted by Crippen LogP contribution is -2.68. The van der Waals surface area contributed by atoms with Gasteiger partial charge in [-0.05, 0) is 33.1 Å². The summed E-state index contributed by atoms with van der Waals surface area (Å²) >= 11 is 0. The van der Waals surface area contributed by atoms with Gasteiger partial charge in [-0.3, -0.25) is 9.59 Å². The molecule has 5 atom stereocenters. The number of ether oxygens (including phenoxy) is 4. The maximum absolute atomic E-state index is 12.6. The van der Waals surface area contributed by atoms with Crippen molar-refractivity contribution in [3.8, 4) is 0 Å². The van der Waals surface area contributed by atoms with E-state index in [1.807, 2.05) is 0 Å². The Kier molecular flexibility index (Phi) is 13.5. The van der Waals surface area contributed by atoms with Crippen LogP contribution in [0.4, 0.5) is 0 Å². The van der Waals surface area contributed by atoms with E-state index in [9.17, 15) is 14.7 Å². The first-order valence-electron chi connectivity index (χ1n) is 13.2. The van der Waals surface area contributed by atoms with Crippen LogP contribution in [0, 0.1) is 0 Å². The molecule has 4 N–H and O–H groups in total. The van der Waals surface area contributed by atoms with Crippen LogP contribution < -0.4 is 10.6 Å². The molecule has 0 spiro atoms. The smallest absolute Gasteiger partial charge is 0.220 e. The molecule has 2 heterocycles. The van der Waals surface area contributed by atoms with Gasteiger partial charge in [-0.15, -0.1) is 0 Å². The van der Waals surface area contributed by atoms with Crippen molar-refractivity contribution in [1.82, 2.24) is 10.6 Å². The van der Waals surface area contributed by atoms with Crippen LogP contribution in [0.3, 0.4) is 0 Å². The summed E-state index contributed by atoms with van der Waals surface area (Å²) in [6, 6.07) is -0.833. The van der Waals surface area contributed by atoms with Crippen LogP contribution in [0.5, 0.6) is 0 Å². The summed E-state index contributed by atoms with van der Waals surface area (Å²) in [5.74, 6) is -1.00. The number of aliphatic hydroxyl groups is 2. The number of hydrogen-bond acceptors (Lipinski definition) is 8. The SMILES string of the molecule is CCCCCCCC(=O)NCCCCCC(=O)N[C@H]1[C@@H](OCCO)O[C@@H]2COC(C)(C)O[C@H]2[C@@H]1O. The van der Waals surface area contributed by atoms with Crippen LogP contribution >= 0.6 is 0 Å². The molecule has 35 heavy (non-hydrogen) atoms. The number of carbonyl (C=O) groups excluding carboxylic acids is 2. The molecule has 2 rings (SSSR count). The number of unbranched alkanes of at least 4 members (excludes halogenated alkanes) is 6. The van der Waals surface area contributed by atoms with Gasteiger partial charge in [-0.1, -0.05) is 39.0 Å². The van der Waals surface area contributed by atoms with Gasteiger partial charge in [0, 0.05) is 19.4 Å². The third-order valence-corrected chi connectivity index (χ3v) is 6.30. The second-order valence-corrected chi connectivity index (χ2v) is 9.84. The first-order valence-corrected chi connectivity index (χ1v) is 13.2. The molecule has 2 saturated heterocycles. The van der Waals surface area contributed by atoms with E-state index in [4.69, 9.17) is 24.1 Å². The number of nitrogens with one attached hydrogen (secondary N) is 2. The number of carbonyl (C=O) groups is 2. The zero-order chi connectivity index (χ0) is 25.7. The molecular formula is C25H46N2O8. The van der Waals surface area contributed by atoms with Gasteiger partial charge in [0.25, 0.3) is 0 Å². The lowest BCUT2D eigenvalue weighted by Gasteiger charge is -2.49. The molecule has 0 saturated carbocycles. The number of rotatable bonds is 16. The molecule has 0 aromatic rings. The Labute approximate surface area is 209 Å². The highest BCUT2D eigenvalue weighted by atomic mass is 16.8. The van der Waals surface area contributed by atoms with E-state index in [-0.39, 0.29) is 38.1 Å². The quantitative estimate of drug-likeness (QED) is 0.235. The molecule has 0 aromatic carbocycles. The maximum Gasteiger partial charge on any atom is 0.220 e. The number of amides is 2. The fourth-order valence-corrected chi connectivity index (χ4v) is 4.36.